The van der Waals surface area contributed by atoms with Crippen LogP contribution in [-0.4, -0.2) is 39.3 Å². The molecule has 0 aliphatic rings. The molecule has 0 bridgehead atoms. The van der Waals surface area contributed by atoms with Crippen LogP contribution in [0.25, 0.3) is 11.0 Å². The molecule has 0 atom stereocenters. The third-order valence-corrected chi connectivity index (χ3v) is 5.75. The van der Waals surface area contributed by atoms with Gasteiger partial charge in [0.05, 0.1) is 6.61 Å². The van der Waals surface area contributed by atoms with Gasteiger partial charge in [-0.15, -0.1) is 0 Å². The molecule has 0 aliphatic heterocycles. The van der Waals surface area contributed by atoms with E-state index in [0.717, 1.165) is 9.69 Å². The maximum absolute atomic E-state index is 12.6. The average Bonchev–Trinajstić information content (AvgIpc) is 3.07. The van der Waals surface area contributed by atoms with Crippen molar-refractivity contribution >= 4 is 32.6 Å². The molecule has 0 fully saturated rings. The standard InChI is InChI=1S/C19H20N2O5S/c1-4-25-16-10-9-14(12-18(16)27(23,24)21(2)3)20-19(22)17-11-13-7-5-6-8-15(13)26-17/h5-12H,4H2,1-3H3,(H,20,22). The van der Waals surface area contributed by atoms with E-state index in [4.69, 9.17) is 9.15 Å². The number of nitrogens with zero attached hydrogens (tertiary/aromatic N) is 1. The highest BCUT2D eigenvalue weighted by Gasteiger charge is 2.23. The highest BCUT2D eigenvalue weighted by atomic mass is 32.2. The summed E-state index contributed by atoms with van der Waals surface area (Å²) in [5.74, 6) is -0.0985. The van der Waals surface area contributed by atoms with Crippen molar-refractivity contribution < 1.29 is 22.4 Å². The summed E-state index contributed by atoms with van der Waals surface area (Å²) in [6.07, 6.45) is 0. The molecule has 142 valence electrons. The van der Waals surface area contributed by atoms with Gasteiger partial charge >= 0.3 is 0 Å². The molecule has 0 unspecified atom stereocenters. The van der Waals surface area contributed by atoms with Gasteiger partial charge in [0.25, 0.3) is 5.91 Å². The quantitative estimate of drug-likeness (QED) is 0.700. The number of nitrogens with one attached hydrogen (secondary N) is 1. The molecule has 0 spiro atoms. The summed E-state index contributed by atoms with van der Waals surface area (Å²) in [5, 5.41) is 3.48. The summed E-state index contributed by atoms with van der Waals surface area (Å²) in [5.41, 5.74) is 0.926. The van der Waals surface area contributed by atoms with E-state index >= 15 is 0 Å². The van der Waals surface area contributed by atoms with Gasteiger partial charge in [0.2, 0.25) is 10.0 Å². The van der Waals surface area contributed by atoms with E-state index in [2.05, 4.69) is 5.32 Å². The van der Waals surface area contributed by atoms with Crippen molar-refractivity contribution in [2.24, 2.45) is 0 Å². The highest BCUT2D eigenvalue weighted by Crippen LogP contribution is 2.29. The predicted octanol–water partition coefficient (Wildman–Crippen LogP) is 3.33. The molecular weight excluding hydrogens is 368 g/mol. The third-order valence-electron chi connectivity index (χ3n) is 3.91. The van der Waals surface area contributed by atoms with Crippen LogP contribution < -0.4 is 10.1 Å². The fourth-order valence-corrected chi connectivity index (χ4v) is 3.60. The monoisotopic (exact) mass is 388 g/mol. The summed E-state index contributed by atoms with van der Waals surface area (Å²) in [6.45, 7) is 2.09. The molecule has 2 aromatic carbocycles. The second kappa shape index (κ2) is 7.42. The first-order valence-corrected chi connectivity index (χ1v) is 9.76. The molecule has 1 heterocycles. The van der Waals surface area contributed by atoms with Crippen molar-refractivity contribution in [2.45, 2.75) is 11.8 Å². The average molecular weight is 388 g/mol. The van der Waals surface area contributed by atoms with Crippen LogP contribution in [0.2, 0.25) is 0 Å². The molecular formula is C19H20N2O5S. The Hall–Kier alpha value is -2.84. The van der Waals surface area contributed by atoms with E-state index in [0.29, 0.717) is 17.9 Å². The molecule has 7 nitrogen and oxygen atoms in total. The number of fused-ring (bicyclic) bond motifs is 1. The van der Waals surface area contributed by atoms with Gasteiger partial charge in [-0.25, -0.2) is 12.7 Å². The number of amides is 1. The van der Waals surface area contributed by atoms with Crippen LogP contribution >= 0.6 is 0 Å². The SMILES string of the molecule is CCOc1ccc(NC(=O)c2cc3ccccc3o2)cc1S(=O)(=O)N(C)C. The van der Waals surface area contributed by atoms with E-state index in [1.54, 1.807) is 25.1 Å². The zero-order chi connectivity index (χ0) is 19.6. The Morgan fingerprint density at radius 3 is 2.56 bits per heavy atom. The van der Waals surface area contributed by atoms with Crippen molar-refractivity contribution in [2.75, 3.05) is 26.0 Å². The number of hydrogen-bond donors (Lipinski definition) is 1. The lowest BCUT2D eigenvalue weighted by Gasteiger charge is -2.16. The summed E-state index contributed by atoms with van der Waals surface area (Å²) in [4.78, 5) is 12.5. The number of furan rings is 1. The van der Waals surface area contributed by atoms with Crippen molar-refractivity contribution in [1.29, 1.82) is 0 Å². The highest BCUT2D eigenvalue weighted by molar-refractivity contribution is 7.89. The maximum atomic E-state index is 12.6. The molecule has 1 amide bonds. The molecule has 0 saturated carbocycles. The Kier molecular flexibility index (Phi) is 5.20. The van der Waals surface area contributed by atoms with Crippen LogP contribution in [0.15, 0.2) is 57.8 Å². The Labute approximate surface area is 157 Å². The zero-order valence-corrected chi connectivity index (χ0v) is 16.0. The fraction of sp³-hybridized carbons (Fsp3) is 0.211. The van der Waals surface area contributed by atoms with Crippen LogP contribution in [0.5, 0.6) is 5.75 Å². The lowest BCUT2D eigenvalue weighted by Crippen LogP contribution is -2.23. The van der Waals surface area contributed by atoms with E-state index in [-0.39, 0.29) is 16.4 Å². The first-order chi connectivity index (χ1) is 12.8. The second-order valence-corrected chi connectivity index (χ2v) is 8.10. The van der Waals surface area contributed by atoms with E-state index in [1.165, 1.54) is 26.2 Å². The van der Waals surface area contributed by atoms with Crippen molar-refractivity contribution in [3.05, 3.63) is 54.3 Å². The molecule has 3 rings (SSSR count). The summed E-state index contributed by atoms with van der Waals surface area (Å²) >= 11 is 0. The summed E-state index contributed by atoms with van der Waals surface area (Å²) in [7, 11) is -0.869. The largest absolute Gasteiger partial charge is 0.492 e. The molecule has 1 N–H and O–H groups in total. The summed E-state index contributed by atoms with van der Waals surface area (Å²) in [6, 6.07) is 13.4. The van der Waals surface area contributed by atoms with Crippen molar-refractivity contribution in [3.63, 3.8) is 0 Å². The van der Waals surface area contributed by atoms with Gasteiger partial charge < -0.3 is 14.5 Å². The van der Waals surface area contributed by atoms with E-state index in [9.17, 15) is 13.2 Å². The second-order valence-electron chi connectivity index (χ2n) is 5.98. The van der Waals surface area contributed by atoms with Gasteiger partial charge in [-0.05, 0) is 37.3 Å². The van der Waals surface area contributed by atoms with Crippen LogP contribution in [0.4, 0.5) is 5.69 Å². The Morgan fingerprint density at radius 1 is 1.15 bits per heavy atom. The number of benzene rings is 2. The van der Waals surface area contributed by atoms with Gasteiger partial charge in [0.15, 0.2) is 5.76 Å². The molecule has 0 aliphatic carbocycles. The molecule has 0 radical (unpaired) electrons. The van der Waals surface area contributed by atoms with E-state index < -0.39 is 15.9 Å². The number of ether oxygens (including phenoxy) is 1. The number of rotatable bonds is 6. The lowest BCUT2D eigenvalue weighted by atomic mass is 10.2. The molecule has 27 heavy (non-hydrogen) atoms. The third kappa shape index (κ3) is 3.81. The zero-order valence-electron chi connectivity index (χ0n) is 15.2. The minimum Gasteiger partial charge on any atom is -0.492 e. The maximum Gasteiger partial charge on any atom is 0.291 e. The van der Waals surface area contributed by atoms with Crippen molar-refractivity contribution in [1.82, 2.24) is 4.31 Å². The first kappa shape index (κ1) is 18.9. The van der Waals surface area contributed by atoms with Gasteiger partial charge in [-0.2, -0.15) is 0 Å². The predicted molar refractivity (Wildman–Crippen MR) is 103 cm³/mol. The molecule has 8 heteroatoms. The number of para-hydroxylation sites is 1. The van der Waals surface area contributed by atoms with Gasteiger partial charge in [0, 0.05) is 25.2 Å². The number of carbonyl (C=O) groups is 1. The minimum atomic E-state index is -3.74. The number of carbonyl (C=O) groups excluding carboxylic acids is 1. The first-order valence-electron chi connectivity index (χ1n) is 8.32. The van der Waals surface area contributed by atoms with Crippen LogP contribution in [0.1, 0.15) is 17.5 Å². The van der Waals surface area contributed by atoms with Crippen LogP contribution in [0, 0.1) is 0 Å². The molecule has 0 saturated heterocycles. The summed E-state index contributed by atoms with van der Waals surface area (Å²) < 4.78 is 37.2. The minimum absolute atomic E-state index is 0.0169. The number of sulfonamides is 1. The van der Waals surface area contributed by atoms with Gasteiger partial charge in [-0.1, -0.05) is 18.2 Å². The Morgan fingerprint density at radius 2 is 1.89 bits per heavy atom. The topological polar surface area (TPSA) is 88.8 Å². The van der Waals surface area contributed by atoms with E-state index in [1.807, 2.05) is 18.2 Å². The number of hydrogen-bond acceptors (Lipinski definition) is 5. The number of anilines is 1. The Balaban J connectivity index is 1.93. The van der Waals surface area contributed by atoms with Crippen molar-refractivity contribution in [3.8, 4) is 5.75 Å². The Bertz CT molecular complexity index is 1050. The van der Waals surface area contributed by atoms with Gasteiger partial charge in [0.1, 0.15) is 16.2 Å². The lowest BCUT2D eigenvalue weighted by molar-refractivity contribution is 0.0998. The molecule has 1 aromatic heterocycles. The molecule has 3 aromatic rings. The normalized spacial score (nSPS) is 11.7. The van der Waals surface area contributed by atoms with Crippen LogP contribution in [-0.2, 0) is 10.0 Å². The van der Waals surface area contributed by atoms with Gasteiger partial charge in [-0.3, -0.25) is 4.79 Å². The smallest absolute Gasteiger partial charge is 0.291 e. The van der Waals surface area contributed by atoms with Crippen LogP contribution in [0.3, 0.4) is 0 Å². The fourth-order valence-electron chi connectivity index (χ4n) is 2.55.